The van der Waals surface area contributed by atoms with Gasteiger partial charge in [-0.1, -0.05) is 94.4 Å². The van der Waals surface area contributed by atoms with Crippen LogP contribution in [0.2, 0.25) is 0 Å². The van der Waals surface area contributed by atoms with Gasteiger partial charge in [-0.15, -0.1) is 0 Å². The number of carbonyl (C=O) groups is 1. The van der Waals surface area contributed by atoms with Gasteiger partial charge in [-0.25, -0.2) is 9.46 Å². The minimum atomic E-state index is -1.70. The van der Waals surface area contributed by atoms with Gasteiger partial charge in [-0.3, -0.25) is 19.1 Å². The van der Waals surface area contributed by atoms with E-state index < -0.39 is 43.8 Å². The smallest absolute Gasteiger partial charge is 0.330 e. The Morgan fingerprint density at radius 2 is 1.48 bits per heavy atom. The largest absolute Gasteiger partial charge is 0.497 e. The molecule has 1 aliphatic heterocycles. The molecule has 1 aromatic heterocycles. The number of H-pyrrole nitrogens is 1. The minimum Gasteiger partial charge on any atom is -0.497 e. The van der Waals surface area contributed by atoms with Gasteiger partial charge in [0.25, 0.3) is 14.1 Å². The normalized spacial score (nSPS) is 16.9. The molecule has 1 saturated heterocycles. The molecule has 0 spiro atoms. The summed E-state index contributed by atoms with van der Waals surface area (Å²) >= 11 is 0. The SMILES string of the molecule is CCNC(=O)CCC(C)(C)SSc1ccccc1CCOP(OC1CC(n2cc(C)c(=O)[nH]c2=O)OC1COC(c1ccccc1)(c1ccc(OC)cc1)c1ccc(OC)cc1)N(C(C)C)C(C)C. The highest BCUT2D eigenvalue weighted by molar-refractivity contribution is 8.77. The number of ether oxygens (including phenoxy) is 4. The molecule has 372 valence electrons. The lowest BCUT2D eigenvalue weighted by molar-refractivity contribution is -0.121. The molecule has 2 N–H and O–H groups in total. The number of rotatable bonds is 25. The summed E-state index contributed by atoms with van der Waals surface area (Å²) < 4.78 is 43.1. The Labute approximate surface area is 416 Å². The number of amides is 1. The Balaban J connectivity index is 1.32. The molecule has 0 saturated carbocycles. The highest BCUT2D eigenvalue weighted by Crippen LogP contribution is 2.51. The predicted molar refractivity (Wildman–Crippen MR) is 278 cm³/mol. The summed E-state index contributed by atoms with van der Waals surface area (Å²) in [6.45, 7) is 17.5. The van der Waals surface area contributed by atoms with Gasteiger partial charge in [0.2, 0.25) is 5.91 Å². The van der Waals surface area contributed by atoms with Crippen LogP contribution in [-0.4, -0.2) is 83.1 Å². The third kappa shape index (κ3) is 13.9. The topological polar surface area (TPSA) is 143 Å². The molecule has 4 aromatic carbocycles. The quantitative estimate of drug-likeness (QED) is 0.0326. The Bertz CT molecular complexity index is 2470. The number of aromatic amines is 1. The van der Waals surface area contributed by atoms with Gasteiger partial charge < -0.3 is 33.3 Å². The number of methoxy groups -OCH3 is 2. The maximum absolute atomic E-state index is 13.5. The van der Waals surface area contributed by atoms with E-state index >= 15 is 0 Å². The van der Waals surface area contributed by atoms with Crippen molar-refractivity contribution < 1.29 is 32.8 Å². The summed E-state index contributed by atoms with van der Waals surface area (Å²) in [7, 11) is 5.08. The first kappa shape index (κ1) is 53.9. The van der Waals surface area contributed by atoms with Crippen LogP contribution in [0.5, 0.6) is 11.5 Å². The summed E-state index contributed by atoms with van der Waals surface area (Å²) in [5, 5.41) is 2.91. The lowest BCUT2D eigenvalue weighted by Crippen LogP contribution is -2.39. The van der Waals surface area contributed by atoms with Gasteiger partial charge in [0.05, 0.1) is 33.5 Å². The van der Waals surface area contributed by atoms with Crippen LogP contribution in [0.3, 0.4) is 0 Å². The van der Waals surface area contributed by atoms with E-state index in [0.29, 0.717) is 43.1 Å². The summed E-state index contributed by atoms with van der Waals surface area (Å²) in [4.78, 5) is 41.8. The van der Waals surface area contributed by atoms with Crippen molar-refractivity contribution in [2.45, 2.75) is 127 Å². The molecule has 13 nitrogen and oxygen atoms in total. The maximum atomic E-state index is 13.5. The molecule has 1 fully saturated rings. The van der Waals surface area contributed by atoms with Gasteiger partial charge in [-0.2, -0.15) is 0 Å². The average molecular weight is 1000 g/mol. The zero-order valence-electron chi connectivity index (χ0n) is 41.6. The predicted octanol–water partition coefficient (Wildman–Crippen LogP) is 10.6. The Morgan fingerprint density at radius 3 is 2.07 bits per heavy atom. The zero-order valence-corrected chi connectivity index (χ0v) is 44.1. The van der Waals surface area contributed by atoms with E-state index in [1.165, 1.54) is 4.57 Å². The second-order valence-electron chi connectivity index (χ2n) is 18.2. The molecule has 2 heterocycles. The van der Waals surface area contributed by atoms with Crippen LogP contribution in [0.25, 0.3) is 0 Å². The lowest BCUT2D eigenvalue weighted by Gasteiger charge is -2.39. The third-order valence-corrected chi connectivity index (χ3v) is 17.6. The van der Waals surface area contributed by atoms with Crippen LogP contribution in [0.4, 0.5) is 0 Å². The van der Waals surface area contributed by atoms with Crippen molar-refractivity contribution in [2.24, 2.45) is 0 Å². The Kier molecular flexibility index (Phi) is 19.6. The van der Waals surface area contributed by atoms with Crippen molar-refractivity contribution in [2.75, 3.05) is 34.0 Å². The van der Waals surface area contributed by atoms with E-state index in [4.69, 9.17) is 28.0 Å². The minimum absolute atomic E-state index is 0.0413. The van der Waals surface area contributed by atoms with Gasteiger partial charge in [0, 0.05) is 52.9 Å². The molecule has 0 radical (unpaired) electrons. The number of hydrogen-bond donors (Lipinski definition) is 2. The van der Waals surface area contributed by atoms with Crippen LogP contribution in [0.15, 0.2) is 124 Å². The van der Waals surface area contributed by atoms with E-state index in [1.807, 2.05) is 97.9 Å². The van der Waals surface area contributed by atoms with E-state index in [9.17, 15) is 14.4 Å². The van der Waals surface area contributed by atoms with E-state index in [2.05, 4.69) is 68.6 Å². The van der Waals surface area contributed by atoms with Gasteiger partial charge >= 0.3 is 5.69 Å². The number of benzene rings is 4. The number of aryl methyl sites for hydroxylation is 1. The fraction of sp³-hybridized carbons (Fsp3) is 0.453. The average Bonchev–Trinajstić information content (AvgIpc) is 3.74. The molecule has 16 heteroatoms. The number of carbonyl (C=O) groups excluding carboxylic acids is 1. The summed E-state index contributed by atoms with van der Waals surface area (Å²) in [6, 6.07) is 34.2. The molecule has 1 aliphatic rings. The van der Waals surface area contributed by atoms with Gasteiger partial charge in [0.15, 0.2) is 0 Å². The van der Waals surface area contributed by atoms with E-state index in [1.54, 1.807) is 48.9 Å². The van der Waals surface area contributed by atoms with Crippen molar-refractivity contribution in [3.05, 3.63) is 158 Å². The molecule has 5 aromatic rings. The highest BCUT2D eigenvalue weighted by atomic mass is 33.1. The van der Waals surface area contributed by atoms with Gasteiger partial charge in [-0.05, 0) is 121 Å². The van der Waals surface area contributed by atoms with Crippen LogP contribution >= 0.6 is 30.1 Å². The molecular formula is C53H69N4O9PS2. The second-order valence-corrected chi connectivity index (χ2v) is 22.5. The first-order chi connectivity index (χ1) is 33.1. The summed E-state index contributed by atoms with van der Waals surface area (Å²) in [5.41, 5.74) is 1.96. The number of hydrogen-bond acceptors (Lipinski definition) is 12. The number of aromatic nitrogens is 2. The molecule has 4 unspecified atom stereocenters. The lowest BCUT2D eigenvalue weighted by atomic mass is 9.80. The number of nitrogens with zero attached hydrogens (tertiary/aromatic N) is 2. The second kappa shape index (κ2) is 25.1. The molecule has 6 rings (SSSR count). The summed E-state index contributed by atoms with van der Waals surface area (Å²) in [5.74, 6) is 1.48. The number of nitrogens with one attached hydrogen (secondary N) is 2. The van der Waals surface area contributed by atoms with E-state index in [0.717, 1.165) is 33.6 Å². The van der Waals surface area contributed by atoms with Crippen LogP contribution < -0.4 is 26.0 Å². The fourth-order valence-electron chi connectivity index (χ4n) is 8.38. The van der Waals surface area contributed by atoms with Crippen LogP contribution in [0, 0.1) is 6.92 Å². The van der Waals surface area contributed by atoms with Crippen molar-refractivity contribution in [1.29, 1.82) is 0 Å². The molecule has 1 amide bonds. The molecule has 0 bridgehead atoms. The van der Waals surface area contributed by atoms with Crippen molar-refractivity contribution in [1.82, 2.24) is 19.5 Å². The standard InChI is InChI=1S/C53H69N4O9PS2/c1-11-54-48(58)29-31-52(7,8)69-68-47-20-16-15-17-39(47)30-32-64-67(57(36(2)3)37(4)5)66-45-33-49(56-34-38(6)50(59)55-51(56)60)65-46(45)35-63-53(40-18-13-12-14-19-40,41-21-25-43(61-9)26-22-41)42-23-27-44(62-10)28-24-42/h12-28,34,36-37,45-46,49H,11,29-33,35H2,1-10H3,(H,54,58)(H,55,59,60). The first-order valence-corrected chi connectivity index (χ1v) is 26.9. The molecule has 4 atom stereocenters. The maximum Gasteiger partial charge on any atom is 0.330 e. The van der Waals surface area contributed by atoms with Crippen LogP contribution in [0.1, 0.15) is 102 Å². The monoisotopic (exact) mass is 1000 g/mol. The van der Waals surface area contributed by atoms with Crippen molar-refractivity contribution in [3.63, 3.8) is 0 Å². The molecule has 0 aliphatic carbocycles. The summed E-state index contributed by atoms with van der Waals surface area (Å²) in [6.07, 6.45) is 1.61. The first-order valence-electron chi connectivity index (χ1n) is 23.6. The van der Waals surface area contributed by atoms with Crippen molar-refractivity contribution >= 4 is 36.0 Å². The Morgan fingerprint density at radius 1 is 0.884 bits per heavy atom. The molecular weight excluding hydrogens is 932 g/mol. The fourth-order valence-corrected chi connectivity index (χ4v) is 12.7. The van der Waals surface area contributed by atoms with E-state index in [-0.39, 0.29) is 35.8 Å². The molecule has 69 heavy (non-hydrogen) atoms. The van der Waals surface area contributed by atoms with Crippen molar-refractivity contribution in [3.8, 4) is 11.5 Å². The highest BCUT2D eigenvalue weighted by Gasteiger charge is 2.45. The third-order valence-electron chi connectivity index (χ3n) is 12.0. The zero-order chi connectivity index (χ0) is 49.7. The van der Waals surface area contributed by atoms with Crippen LogP contribution in [-0.2, 0) is 35.3 Å². The Hall–Kier alpha value is -4.44. The van der Waals surface area contributed by atoms with Gasteiger partial charge in [0.1, 0.15) is 29.4 Å².